The van der Waals surface area contributed by atoms with Gasteiger partial charge in [0, 0.05) is 19.3 Å². The second-order valence-electron chi connectivity index (χ2n) is 5.11. The highest BCUT2D eigenvalue weighted by Gasteiger charge is 2.14. The van der Waals surface area contributed by atoms with Crippen molar-refractivity contribution in [2.45, 2.75) is 26.3 Å². The molecule has 19 heavy (non-hydrogen) atoms. The molecule has 3 nitrogen and oxygen atoms in total. The van der Waals surface area contributed by atoms with E-state index in [1.807, 2.05) is 12.1 Å². The Labute approximate surface area is 115 Å². The fourth-order valence-corrected chi connectivity index (χ4v) is 2.22. The summed E-state index contributed by atoms with van der Waals surface area (Å²) in [5.74, 6) is 1.13. The molecule has 2 aromatic rings. The average Bonchev–Trinajstić information content (AvgIpc) is 2.45. The Hall–Kier alpha value is -1.74. The molecule has 3 heteroatoms. The van der Waals surface area contributed by atoms with E-state index in [1.165, 1.54) is 5.56 Å². The number of benzene rings is 1. The summed E-state index contributed by atoms with van der Waals surface area (Å²) in [5.41, 5.74) is 2.38. The van der Waals surface area contributed by atoms with Crippen LogP contribution >= 0.6 is 0 Å². The molecule has 0 saturated carbocycles. The lowest BCUT2D eigenvalue weighted by atomic mass is 9.88. The van der Waals surface area contributed by atoms with Crippen LogP contribution in [0.2, 0.25) is 0 Å². The monoisotopic (exact) mass is 255 g/mol. The van der Waals surface area contributed by atoms with Crippen molar-refractivity contribution in [1.82, 2.24) is 15.5 Å². The van der Waals surface area contributed by atoms with Gasteiger partial charge in [0.2, 0.25) is 0 Å². The van der Waals surface area contributed by atoms with E-state index in [-0.39, 0.29) is 0 Å². The first-order valence-electron chi connectivity index (χ1n) is 6.79. The highest BCUT2D eigenvalue weighted by molar-refractivity contribution is 5.20. The van der Waals surface area contributed by atoms with Crippen LogP contribution in [0.15, 0.2) is 48.7 Å². The van der Waals surface area contributed by atoms with Crippen LogP contribution in [-0.2, 0) is 6.54 Å². The smallest absolute Gasteiger partial charge is 0.0768 e. The third kappa shape index (κ3) is 4.14. The molecule has 1 N–H and O–H groups in total. The quantitative estimate of drug-likeness (QED) is 0.862. The molecule has 0 aliphatic carbocycles. The number of rotatable bonds is 6. The van der Waals surface area contributed by atoms with Gasteiger partial charge in [0.1, 0.15) is 0 Å². The summed E-state index contributed by atoms with van der Waals surface area (Å²) in [6.07, 6.45) is 1.70. The maximum absolute atomic E-state index is 4.08. The summed E-state index contributed by atoms with van der Waals surface area (Å²) in [7, 11) is 0. The van der Waals surface area contributed by atoms with Gasteiger partial charge in [-0.05, 0) is 29.5 Å². The lowest BCUT2D eigenvalue weighted by molar-refractivity contribution is 0.459. The number of aromatic nitrogens is 2. The van der Waals surface area contributed by atoms with Gasteiger partial charge in [-0.15, -0.1) is 0 Å². The zero-order chi connectivity index (χ0) is 13.5. The first-order chi connectivity index (χ1) is 9.27. The maximum atomic E-state index is 4.08. The standard InChI is InChI=1S/C16H21N3/c1-13(2)16(14-7-4-3-5-8-14)12-17-11-15-9-6-10-18-19-15/h3-10,13,16-17H,11-12H2,1-2H3. The van der Waals surface area contributed by atoms with Crippen LogP contribution in [0.1, 0.15) is 31.0 Å². The Morgan fingerprint density at radius 3 is 2.47 bits per heavy atom. The summed E-state index contributed by atoms with van der Waals surface area (Å²) < 4.78 is 0. The molecule has 1 unspecified atom stereocenters. The minimum absolute atomic E-state index is 0.526. The van der Waals surface area contributed by atoms with Crippen molar-refractivity contribution in [2.24, 2.45) is 5.92 Å². The first-order valence-corrected chi connectivity index (χ1v) is 6.79. The molecule has 1 heterocycles. The molecule has 0 radical (unpaired) electrons. The van der Waals surface area contributed by atoms with E-state index in [0.29, 0.717) is 11.8 Å². The van der Waals surface area contributed by atoms with Crippen LogP contribution in [0, 0.1) is 5.92 Å². The van der Waals surface area contributed by atoms with Crippen molar-refractivity contribution < 1.29 is 0 Å². The molecule has 1 aromatic carbocycles. The van der Waals surface area contributed by atoms with Gasteiger partial charge in [-0.1, -0.05) is 44.2 Å². The Morgan fingerprint density at radius 2 is 1.84 bits per heavy atom. The SMILES string of the molecule is CC(C)C(CNCc1cccnn1)c1ccccc1. The molecule has 0 bridgehead atoms. The van der Waals surface area contributed by atoms with Gasteiger partial charge in [-0.3, -0.25) is 0 Å². The van der Waals surface area contributed by atoms with Crippen LogP contribution in [0.25, 0.3) is 0 Å². The van der Waals surface area contributed by atoms with Crippen molar-refractivity contribution in [2.75, 3.05) is 6.54 Å². The second kappa shape index (κ2) is 7.00. The molecule has 0 saturated heterocycles. The van der Waals surface area contributed by atoms with Gasteiger partial charge < -0.3 is 5.32 Å². The summed E-state index contributed by atoms with van der Waals surface area (Å²) in [6, 6.07) is 14.6. The molecule has 0 aliphatic heterocycles. The summed E-state index contributed by atoms with van der Waals surface area (Å²) in [6.45, 7) is 6.26. The topological polar surface area (TPSA) is 37.8 Å². The lowest BCUT2D eigenvalue weighted by Gasteiger charge is -2.21. The number of hydrogen-bond acceptors (Lipinski definition) is 3. The van der Waals surface area contributed by atoms with E-state index in [4.69, 9.17) is 0 Å². The van der Waals surface area contributed by atoms with E-state index in [0.717, 1.165) is 18.8 Å². The maximum Gasteiger partial charge on any atom is 0.0768 e. The highest BCUT2D eigenvalue weighted by Crippen LogP contribution is 2.23. The summed E-state index contributed by atoms with van der Waals surface area (Å²) in [5, 5.41) is 11.4. The normalized spacial score (nSPS) is 12.6. The third-order valence-corrected chi connectivity index (χ3v) is 3.33. The summed E-state index contributed by atoms with van der Waals surface area (Å²) >= 11 is 0. The van der Waals surface area contributed by atoms with E-state index in [9.17, 15) is 0 Å². The van der Waals surface area contributed by atoms with E-state index in [1.54, 1.807) is 6.20 Å². The van der Waals surface area contributed by atoms with Crippen molar-refractivity contribution in [3.05, 3.63) is 59.9 Å². The highest BCUT2D eigenvalue weighted by atomic mass is 15.1. The minimum Gasteiger partial charge on any atom is -0.310 e. The molecule has 1 aromatic heterocycles. The largest absolute Gasteiger partial charge is 0.310 e. The Balaban J connectivity index is 1.92. The van der Waals surface area contributed by atoms with Gasteiger partial charge in [0.05, 0.1) is 5.69 Å². The second-order valence-corrected chi connectivity index (χ2v) is 5.11. The molecule has 0 fully saturated rings. The van der Waals surface area contributed by atoms with Crippen LogP contribution in [-0.4, -0.2) is 16.7 Å². The predicted octanol–water partition coefficient (Wildman–Crippen LogP) is 3.01. The fraction of sp³-hybridized carbons (Fsp3) is 0.375. The first kappa shape index (κ1) is 13.7. The van der Waals surface area contributed by atoms with Gasteiger partial charge >= 0.3 is 0 Å². The van der Waals surface area contributed by atoms with E-state index < -0.39 is 0 Å². The Morgan fingerprint density at radius 1 is 1.05 bits per heavy atom. The van der Waals surface area contributed by atoms with Gasteiger partial charge in [0.25, 0.3) is 0 Å². The van der Waals surface area contributed by atoms with Crippen molar-refractivity contribution in [1.29, 1.82) is 0 Å². The lowest BCUT2D eigenvalue weighted by Crippen LogP contribution is -2.24. The van der Waals surface area contributed by atoms with E-state index >= 15 is 0 Å². The van der Waals surface area contributed by atoms with Gasteiger partial charge in [-0.25, -0.2) is 0 Å². The zero-order valence-electron chi connectivity index (χ0n) is 11.6. The molecule has 2 rings (SSSR count). The minimum atomic E-state index is 0.526. The number of nitrogens with zero attached hydrogens (tertiary/aromatic N) is 2. The number of hydrogen-bond donors (Lipinski definition) is 1. The molecular weight excluding hydrogens is 234 g/mol. The van der Waals surface area contributed by atoms with Crippen LogP contribution < -0.4 is 5.32 Å². The van der Waals surface area contributed by atoms with Crippen molar-refractivity contribution in [3.8, 4) is 0 Å². The zero-order valence-corrected chi connectivity index (χ0v) is 11.6. The molecule has 1 atom stereocenters. The van der Waals surface area contributed by atoms with Crippen molar-refractivity contribution in [3.63, 3.8) is 0 Å². The Bertz CT molecular complexity index is 468. The average molecular weight is 255 g/mol. The molecule has 0 spiro atoms. The Kier molecular flexibility index (Phi) is 5.04. The summed E-state index contributed by atoms with van der Waals surface area (Å²) in [4.78, 5) is 0. The fourth-order valence-electron chi connectivity index (χ4n) is 2.22. The van der Waals surface area contributed by atoms with Crippen LogP contribution in [0.3, 0.4) is 0 Å². The number of nitrogens with one attached hydrogen (secondary N) is 1. The van der Waals surface area contributed by atoms with Gasteiger partial charge in [0.15, 0.2) is 0 Å². The molecule has 0 amide bonds. The third-order valence-electron chi connectivity index (χ3n) is 3.33. The predicted molar refractivity (Wildman–Crippen MR) is 77.8 cm³/mol. The molecule has 0 aliphatic rings. The van der Waals surface area contributed by atoms with Gasteiger partial charge in [-0.2, -0.15) is 10.2 Å². The molecule has 100 valence electrons. The van der Waals surface area contributed by atoms with Crippen molar-refractivity contribution >= 4 is 0 Å². The molecular formula is C16H21N3. The van der Waals surface area contributed by atoms with Crippen LogP contribution in [0.5, 0.6) is 0 Å². The van der Waals surface area contributed by atoms with Crippen LogP contribution in [0.4, 0.5) is 0 Å². The van der Waals surface area contributed by atoms with E-state index in [2.05, 4.69) is 59.7 Å².